The first kappa shape index (κ1) is 14.8. The fourth-order valence-corrected chi connectivity index (χ4v) is 3.00. The molecule has 2 aromatic rings. The summed E-state index contributed by atoms with van der Waals surface area (Å²) in [6.45, 7) is 0. The van der Waals surface area contributed by atoms with Crippen LogP contribution in [0.25, 0.3) is 0 Å². The number of nitro groups is 1. The number of anilines is 2. The van der Waals surface area contributed by atoms with Crippen molar-refractivity contribution in [2.75, 3.05) is 10.5 Å². The van der Waals surface area contributed by atoms with E-state index in [4.69, 9.17) is 5.73 Å². The minimum atomic E-state index is -3.75. The van der Waals surface area contributed by atoms with Gasteiger partial charge in [0, 0.05) is 23.0 Å². The Morgan fingerprint density at radius 2 is 1.71 bits per heavy atom. The van der Waals surface area contributed by atoms with E-state index in [0.29, 0.717) is 11.4 Å². The van der Waals surface area contributed by atoms with Crippen molar-refractivity contribution >= 4 is 27.1 Å². The van der Waals surface area contributed by atoms with Crippen molar-refractivity contribution in [1.29, 1.82) is 0 Å². The number of nitrogen functional groups attached to an aromatic ring is 1. The van der Waals surface area contributed by atoms with Crippen molar-refractivity contribution in [3.8, 4) is 0 Å². The van der Waals surface area contributed by atoms with Gasteiger partial charge in [-0.1, -0.05) is 18.2 Å². The summed E-state index contributed by atoms with van der Waals surface area (Å²) < 4.78 is 26.5. The number of rotatable bonds is 5. The predicted molar refractivity (Wildman–Crippen MR) is 80.2 cm³/mol. The van der Waals surface area contributed by atoms with Gasteiger partial charge < -0.3 is 5.73 Å². The third kappa shape index (κ3) is 3.93. The molecule has 21 heavy (non-hydrogen) atoms. The van der Waals surface area contributed by atoms with E-state index in [1.807, 2.05) is 0 Å². The molecule has 7 nitrogen and oxygen atoms in total. The van der Waals surface area contributed by atoms with Crippen LogP contribution in [0.3, 0.4) is 0 Å². The molecule has 0 amide bonds. The number of nitrogens with two attached hydrogens (primary N) is 1. The van der Waals surface area contributed by atoms with Crippen LogP contribution in [0.1, 0.15) is 5.56 Å². The van der Waals surface area contributed by atoms with Gasteiger partial charge in [0.2, 0.25) is 10.0 Å². The first-order chi connectivity index (χ1) is 9.87. The zero-order valence-corrected chi connectivity index (χ0v) is 11.7. The van der Waals surface area contributed by atoms with Crippen LogP contribution in [-0.2, 0) is 15.8 Å². The lowest BCUT2D eigenvalue weighted by Gasteiger charge is -2.08. The summed E-state index contributed by atoms with van der Waals surface area (Å²) in [6, 6.07) is 11.9. The summed E-state index contributed by atoms with van der Waals surface area (Å²) in [4.78, 5) is 10.3. The van der Waals surface area contributed by atoms with Gasteiger partial charge in [-0.3, -0.25) is 14.8 Å². The van der Waals surface area contributed by atoms with E-state index in [0.717, 1.165) is 0 Å². The third-order valence-corrected chi connectivity index (χ3v) is 3.96. The first-order valence-electron chi connectivity index (χ1n) is 5.96. The molecule has 0 spiro atoms. The molecule has 0 aliphatic carbocycles. The maximum atomic E-state index is 12.1. The molecule has 8 heteroatoms. The van der Waals surface area contributed by atoms with Gasteiger partial charge in [0.15, 0.2) is 0 Å². The fourth-order valence-electron chi connectivity index (χ4n) is 1.78. The number of para-hydroxylation sites is 1. The van der Waals surface area contributed by atoms with Crippen molar-refractivity contribution in [2.24, 2.45) is 0 Å². The molecule has 0 fully saturated rings. The highest BCUT2D eigenvalue weighted by Gasteiger charge is 2.19. The van der Waals surface area contributed by atoms with E-state index >= 15 is 0 Å². The lowest BCUT2D eigenvalue weighted by Crippen LogP contribution is -2.15. The summed E-state index contributed by atoms with van der Waals surface area (Å²) in [7, 11) is -3.75. The Hall–Kier alpha value is -2.61. The lowest BCUT2D eigenvalue weighted by atomic mass is 10.2. The molecule has 0 atom stereocenters. The molecule has 0 bridgehead atoms. The van der Waals surface area contributed by atoms with Gasteiger partial charge in [0.05, 0.1) is 4.92 Å². The smallest absolute Gasteiger partial charge is 0.273 e. The molecule has 0 aliphatic rings. The Kier molecular flexibility index (Phi) is 4.08. The van der Waals surface area contributed by atoms with Gasteiger partial charge in [-0.05, 0) is 24.3 Å². The molecule has 110 valence electrons. The molecular formula is C13H13N3O4S. The van der Waals surface area contributed by atoms with Gasteiger partial charge >= 0.3 is 0 Å². The standard InChI is InChI=1S/C13H13N3O4S/c14-11-5-7-12(8-6-11)15-21(19,20)9-10-3-1-2-4-13(10)16(17)18/h1-8,15H,9,14H2. The number of nitro benzene ring substituents is 1. The normalized spacial score (nSPS) is 11.0. The summed E-state index contributed by atoms with van der Waals surface area (Å²) >= 11 is 0. The molecule has 0 aromatic heterocycles. The number of nitrogens with one attached hydrogen (secondary N) is 1. The largest absolute Gasteiger partial charge is 0.399 e. The van der Waals surface area contributed by atoms with Crippen LogP contribution in [0, 0.1) is 10.1 Å². The van der Waals surface area contributed by atoms with E-state index in [1.54, 1.807) is 18.2 Å². The van der Waals surface area contributed by atoms with E-state index in [2.05, 4.69) is 4.72 Å². The van der Waals surface area contributed by atoms with Gasteiger partial charge in [-0.15, -0.1) is 0 Å². The minimum absolute atomic E-state index is 0.130. The van der Waals surface area contributed by atoms with Crippen molar-refractivity contribution in [3.63, 3.8) is 0 Å². The van der Waals surface area contributed by atoms with Gasteiger partial charge in [0.25, 0.3) is 5.69 Å². The number of hydrogen-bond donors (Lipinski definition) is 2. The molecule has 0 saturated heterocycles. The van der Waals surface area contributed by atoms with E-state index in [1.165, 1.54) is 30.3 Å². The predicted octanol–water partition coefficient (Wildman–Crippen LogP) is 2.12. The van der Waals surface area contributed by atoms with Gasteiger partial charge in [-0.2, -0.15) is 0 Å². The second-order valence-corrected chi connectivity index (χ2v) is 6.09. The third-order valence-electron chi connectivity index (χ3n) is 2.72. The van der Waals surface area contributed by atoms with Crippen molar-refractivity contribution in [2.45, 2.75) is 5.75 Å². The molecular weight excluding hydrogens is 294 g/mol. The SMILES string of the molecule is Nc1ccc(NS(=O)(=O)Cc2ccccc2[N+](=O)[O-])cc1. The van der Waals surface area contributed by atoms with E-state index in [-0.39, 0.29) is 11.3 Å². The highest BCUT2D eigenvalue weighted by atomic mass is 32.2. The lowest BCUT2D eigenvalue weighted by molar-refractivity contribution is -0.385. The molecule has 0 unspecified atom stereocenters. The number of sulfonamides is 1. The van der Waals surface area contributed by atoms with Crippen LogP contribution >= 0.6 is 0 Å². The van der Waals surface area contributed by atoms with Crippen LogP contribution in [0.15, 0.2) is 48.5 Å². The Morgan fingerprint density at radius 1 is 1.10 bits per heavy atom. The quantitative estimate of drug-likeness (QED) is 0.498. The monoisotopic (exact) mass is 307 g/mol. The Balaban J connectivity index is 2.22. The van der Waals surface area contributed by atoms with Crippen LogP contribution in [0.2, 0.25) is 0 Å². The highest BCUT2D eigenvalue weighted by molar-refractivity contribution is 7.91. The topological polar surface area (TPSA) is 115 Å². The first-order valence-corrected chi connectivity index (χ1v) is 7.61. The maximum Gasteiger partial charge on any atom is 0.273 e. The molecule has 0 aliphatic heterocycles. The molecule has 0 radical (unpaired) electrons. The molecule has 2 rings (SSSR count). The second-order valence-electron chi connectivity index (χ2n) is 4.37. The summed E-state index contributed by atoms with van der Waals surface area (Å²) in [5, 5.41) is 10.9. The van der Waals surface area contributed by atoms with E-state index < -0.39 is 20.7 Å². The van der Waals surface area contributed by atoms with Crippen LogP contribution in [0.4, 0.5) is 17.1 Å². The zero-order chi connectivity index (χ0) is 15.5. The Bertz CT molecular complexity index is 757. The fraction of sp³-hybridized carbons (Fsp3) is 0.0769. The molecule has 2 aromatic carbocycles. The summed E-state index contributed by atoms with van der Waals surface area (Å²) in [6.07, 6.45) is 0. The average molecular weight is 307 g/mol. The second kappa shape index (κ2) is 5.80. The van der Waals surface area contributed by atoms with Crippen molar-refractivity contribution in [1.82, 2.24) is 0 Å². The van der Waals surface area contributed by atoms with E-state index in [9.17, 15) is 18.5 Å². The molecule has 3 N–H and O–H groups in total. The summed E-state index contributed by atoms with van der Waals surface area (Å²) in [5.41, 5.74) is 6.28. The number of hydrogen-bond acceptors (Lipinski definition) is 5. The Morgan fingerprint density at radius 3 is 2.33 bits per heavy atom. The van der Waals surface area contributed by atoms with Crippen LogP contribution < -0.4 is 10.5 Å². The molecule has 0 heterocycles. The van der Waals surface area contributed by atoms with Gasteiger partial charge in [0.1, 0.15) is 5.75 Å². The number of benzene rings is 2. The minimum Gasteiger partial charge on any atom is -0.399 e. The number of nitrogens with zero attached hydrogens (tertiary/aromatic N) is 1. The van der Waals surface area contributed by atoms with Crippen molar-refractivity contribution in [3.05, 3.63) is 64.2 Å². The average Bonchev–Trinajstić information content (AvgIpc) is 2.41. The maximum absolute atomic E-state index is 12.1. The van der Waals surface area contributed by atoms with Gasteiger partial charge in [-0.25, -0.2) is 8.42 Å². The molecule has 0 saturated carbocycles. The Labute approximate surface area is 121 Å². The zero-order valence-electron chi connectivity index (χ0n) is 10.9. The van der Waals surface area contributed by atoms with Crippen LogP contribution in [0.5, 0.6) is 0 Å². The van der Waals surface area contributed by atoms with Crippen LogP contribution in [-0.4, -0.2) is 13.3 Å². The van der Waals surface area contributed by atoms with Crippen molar-refractivity contribution < 1.29 is 13.3 Å². The highest BCUT2D eigenvalue weighted by Crippen LogP contribution is 2.21. The summed E-state index contributed by atoms with van der Waals surface area (Å²) in [5.74, 6) is -0.478.